The highest BCUT2D eigenvalue weighted by molar-refractivity contribution is 8.26. The first-order valence-electron chi connectivity index (χ1n) is 11.8. The van der Waals surface area contributed by atoms with Gasteiger partial charge in [0.2, 0.25) is 0 Å². The molecule has 0 radical (unpaired) electrons. The van der Waals surface area contributed by atoms with Crippen LogP contribution in [0.4, 0.5) is 0 Å². The molecule has 0 bridgehead atoms. The molecule has 0 saturated carbocycles. The van der Waals surface area contributed by atoms with Gasteiger partial charge in [0, 0.05) is 16.1 Å². The molecule has 0 spiro atoms. The Hall–Kier alpha value is -3.59. The molecule has 0 unspecified atom stereocenters. The van der Waals surface area contributed by atoms with E-state index in [0.717, 1.165) is 33.5 Å². The van der Waals surface area contributed by atoms with Crippen molar-refractivity contribution in [2.45, 2.75) is 20.0 Å². The Kier molecular flexibility index (Phi) is 9.23. The molecule has 4 rings (SSSR count). The quantitative estimate of drug-likeness (QED) is 0.170. The van der Waals surface area contributed by atoms with Crippen molar-refractivity contribution in [3.05, 3.63) is 112 Å². The van der Waals surface area contributed by atoms with E-state index in [-0.39, 0.29) is 4.32 Å². The number of nitrogens with one attached hydrogen (secondary N) is 1. The molecule has 1 aliphatic rings. The molecule has 38 heavy (non-hydrogen) atoms. The fourth-order valence-electron chi connectivity index (χ4n) is 3.71. The first-order valence-corrected chi connectivity index (χ1v) is 13.4. The van der Waals surface area contributed by atoms with E-state index in [1.807, 2.05) is 49.4 Å². The molecule has 0 atom stereocenters. The Bertz CT molecular complexity index is 1390. The number of rotatable bonds is 10. The van der Waals surface area contributed by atoms with Crippen LogP contribution in [0, 0.1) is 0 Å². The zero-order valence-corrected chi connectivity index (χ0v) is 23.0. The smallest absolute Gasteiger partial charge is 0.285 e. The fourth-order valence-corrected chi connectivity index (χ4v) is 5.02. The van der Waals surface area contributed by atoms with E-state index in [1.165, 1.54) is 0 Å². The van der Waals surface area contributed by atoms with Gasteiger partial charge in [-0.15, -0.1) is 6.58 Å². The van der Waals surface area contributed by atoms with Crippen molar-refractivity contribution >= 4 is 57.8 Å². The highest BCUT2D eigenvalue weighted by Crippen LogP contribution is 2.37. The first-order chi connectivity index (χ1) is 18.4. The second-order valence-electron chi connectivity index (χ2n) is 8.17. The molecule has 1 N–H and O–H groups in total. The molecule has 1 fully saturated rings. The summed E-state index contributed by atoms with van der Waals surface area (Å²) in [5, 5.41) is 1.59. The van der Waals surface area contributed by atoms with Crippen LogP contribution in [-0.2, 0) is 17.8 Å². The lowest BCUT2D eigenvalue weighted by Gasteiger charge is -2.17. The van der Waals surface area contributed by atoms with Crippen molar-refractivity contribution in [2.75, 3.05) is 6.61 Å². The SMILES string of the molecule is C=CCc1cc(/C=C2\SC(=S)N(NC(=O)c3ccc(Cl)cc3)C2=O)cc(OCC)c1OCc1ccccc1. The summed E-state index contributed by atoms with van der Waals surface area (Å²) < 4.78 is 12.3. The monoisotopic (exact) mass is 564 g/mol. The number of halogens is 1. The standard InChI is InChI=1S/C29H25ClN2O4S2/c1-3-8-22-15-20(16-24(35-4-2)26(22)36-18-19-9-6-5-7-10-19)17-25-28(34)32(29(37)38-25)31-27(33)21-11-13-23(30)14-12-21/h3,5-7,9-17H,1,4,8,18H2,2H3,(H,31,33)/b25-17-. The molecule has 3 aromatic carbocycles. The van der Waals surface area contributed by atoms with Gasteiger partial charge < -0.3 is 9.47 Å². The van der Waals surface area contributed by atoms with Crippen LogP contribution in [0.25, 0.3) is 6.08 Å². The van der Waals surface area contributed by atoms with Gasteiger partial charge in [0.05, 0.1) is 11.5 Å². The van der Waals surface area contributed by atoms with Crippen LogP contribution in [0.2, 0.25) is 5.02 Å². The Morgan fingerprint density at radius 1 is 1.13 bits per heavy atom. The number of allylic oxidation sites excluding steroid dienone is 1. The van der Waals surface area contributed by atoms with Gasteiger partial charge >= 0.3 is 0 Å². The molecule has 1 aliphatic heterocycles. The molecule has 2 amide bonds. The Morgan fingerprint density at radius 3 is 2.55 bits per heavy atom. The van der Waals surface area contributed by atoms with Crippen molar-refractivity contribution in [3.63, 3.8) is 0 Å². The zero-order chi connectivity index (χ0) is 27.1. The molecular weight excluding hydrogens is 540 g/mol. The summed E-state index contributed by atoms with van der Waals surface area (Å²) in [5.74, 6) is 0.317. The Balaban J connectivity index is 1.58. The van der Waals surface area contributed by atoms with Crippen molar-refractivity contribution in [1.29, 1.82) is 0 Å². The predicted molar refractivity (Wildman–Crippen MR) is 156 cm³/mol. The number of carbonyl (C=O) groups is 2. The van der Waals surface area contributed by atoms with Crippen LogP contribution < -0.4 is 14.9 Å². The summed E-state index contributed by atoms with van der Waals surface area (Å²) >= 11 is 12.4. The molecule has 1 saturated heterocycles. The van der Waals surface area contributed by atoms with Crippen molar-refractivity contribution < 1.29 is 19.1 Å². The number of thiocarbonyl (C=S) groups is 1. The van der Waals surface area contributed by atoms with E-state index in [2.05, 4.69) is 12.0 Å². The molecule has 0 aliphatic carbocycles. The number of amides is 2. The van der Waals surface area contributed by atoms with Gasteiger partial charge in [-0.25, -0.2) is 0 Å². The number of ether oxygens (including phenoxy) is 2. The van der Waals surface area contributed by atoms with Gasteiger partial charge in [-0.05, 0) is 79.2 Å². The van der Waals surface area contributed by atoms with E-state index in [0.29, 0.717) is 46.6 Å². The molecule has 3 aromatic rings. The predicted octanol–water partition coefficient (Wildman–Crippen LogP) is 6.59. The van der Waals surface area contributed by atoms with Crippen LogP contribution in [0.1, 0.15) is 34.0 Å². The van der Waals surface area contributed by atoms with E-state index in [1.54, 1.807) is 36.4 Å². The lowest BCUT2D eigenvalue weighted by molar-refractivity contribution is -0.123. The van der Waals surface area contributed by atoms with Crippen LogP contribution in [0.5, 0.6) is 11.5 Å². The average Bonchev–Trinajstić information content (AvgIpc) is 3.16. The number of hydrogen-bond acceptors (Lipinski definition) is 6. The Labute approximate surface area is 236 Å². The van der Waals surface area contributed by atoms with Crippen molar-refractivity contribution in [1.82, 2.24) is 10.4 Å². The maximum atomic E-state index is 13.1. The third kappa shape index (κ3) is 6.64. The average molecular weight is 565 g/mol. The fraction of sp³-hybridized carbons (Fsp3) is 0.138. The minimum absolute atomic E-state index is 0.225. The van der Waals surface area contributed by atoms with Gasteiger partial charge in [0.1, 0.15) is 6.61 Å². The summed E-state index contributed by atoms with van der Waals surface area (Å²) in [6, 6.07) is 20.0. The van der Waals surface area contributed by atoms with Crippen LogP contribution in [0.3, 0.4) is 0 Å². The summed E-state index contributed by atoms with van der Waals surface area (Å²) in [4.78, 5) is 26.1. The molecule has 6 nitrogen and oxygen atoms in total. The van der Waals surface area contributed by atoms with Gasteiger partial charge in [-0.3, -0.25) is 15.0 Å². The van der Waals surface area contributed by atoms with E-state index in [4.69, 9.17) is 33.3 Å². The largest absolute Gasteiger partial charge is 0.490 e. The number of hydrazine groups is 1. The maximum absolute atomic E-state index is 13.1. The second kappa shape index (κ2) is 12.8. The Morgan fingerprint density at radius 2 is 1.87 bits per heavy atom. The highest BCUT2D eigenvalue weighted by atomic mass is 35.5. The van der Waals surface area contributed by atoms with Crippen molar-refractivity contribution in [3.8, 4) is 11.5 Å². The lowest BCUT2D eigenvalue weighted by atomic mass is 10.0. The highest BCUT2D eigenvalue weighted by Gasteiger charge is 2.34. The summed E-state index contributed by atoms with van der Waals surface area (Å²) in [7, 11) is 0. The van der Waals surface area contributed by atoms with Gasteiger partial charge in [0.15, 0.2) is 15.8 Å². The van der Waals surface area contributed by atoms with Crippen LogP contribution in [0.15, 0.2) is 84.3 Å². The summed E-state index contributed by atoms with van der Waals surface area (Å²) in [6.07, 6.45) is 4.06. The summed E-state index contributed by atoms with van der Waals surface area (Å²) in [5.41, 5.74) is 5.58. The summed E-state index contributed by atoms with van der Waals surface area (Å²) in [6.45, 7) is 6.60. The molecule has 0 aromatic heterocycles. The van der Waals surface area contributed by atoms with Gasteiger partial charge in [-0.1, -0.05) is 59.8 Å². The van der Waals surface area contributed by atoms with E-state index < -0.39 is 11.8 Å². The minimum Gasteiger partial charge on any atom is -0.490 e. The second-order valence-corrected chi connectivity index (χ2v) is 10.3. The third-order valence-corrected chi connectivity index (χ3v) is 7.01. The number of benzene rings is 3. The maximum Gasteiger partial charge on any atom is 0.285 e. The minimum atomic E-state index is -0.467. The van der Waals surface area contributed by atoms with Crippen LogP contribution in [-0.4, -0.2) is 27.8 Å². The molecular formula is C29H25ClN2O4S2. The number of thioether (sulfide) groups is 1. The molecule has 1 heterocycles. The van der Waals surface area contributed by atoms with E-state index in [9.17, 15) is 9.59 Å². The van der Waals surface area contributed by atoms with E-state index >= 15 is 0 Å². The first kappa shape index (κ1) is 27.4. The van der Waals surface area contributed by atoms with Gasteiger partial charge in [0.25, 0.3) is 11.8 Å². The third-order valence-electron chi connectivity index (χ3n) is 5.46. The normalized spacial score (nSPS) is 14.1. The zero-order valence-electron chi connectivity index (χ0n) is 20.6. The molecule has 194 valence electrons. The molecule has 9 heteroatoms. The van der Waals surface area contributed by atoms with Crippen LogP contribution >= 0.6 is 35.6 Å². The number of nitrogens with zero attached hydrogens (tertiary/aromatic N) is 1. The number of hydrogen-bond donors (Lipinski definition) is 1. The van der Waals surface area contributed by atoms with Gasteiger partial charge in [-0.2, -0.15) is 5.01 Å². The van der Waals surface area contributed by atoms with Crippen molar-refractivity contribution in [2.24, 2.45) is 0 Å². The number of carbonyl (C=O) groups excluding carboxylic acids is 2. The topological polar surface area (TPSA) is 67.9 Å². The lowest BCUT2D eigenvalue weighted by Crippen LogP contribution is -2.44.